The molecule has 0 aliphatic carbocycles. The van der Waals surface area contributed by atoms with Crippen molar-refractivity contribution in [1.29, 1.82) is 0 Å². The second-order valence-electron chi connectivity index (χ2n) is 5.38. The number of oxime groups is 1. The van der Waals surface area contributed by atoms with Crippen molar-refractivity contribution < 1.29 is 9.63 Å². The van der Waals surface area contributed by atoms with Crippen molar-refractivity contribution in [2.24, 2.45) is 5.16 Å². The average Bonchev–Trinajstić information content (AvgIpc) is 2.52. The van der Waals surface area contributed by atoms with Gasteiger partial charge in [-0.15, -0.1) is 11.8 Å². The molecule has 22 heavy (non-hydrogen) atoms. The molecule has 1 aliphatic heterocycles. The van der Waals surface area contributed by atoms with Gasteiger partial charge in [-0.05, 0) is 38.1 Å². The minimum absolute atomic E-state index is 0.413. The molecular formula is C18H17NO2S. The van der Waals surface area contributed by atoms with E-state index in [9.17, 15) is 4.79 Å². The van der Waals surface area contributed by atoms with E-state index in [2.05, 4.69) is 30.3 Å². The van der Waals surface area contributed by atoms with E-state index in [0.717, 1.165) is 29.0 Å². The third-order valence-electron chi connectivity index (χ3n) is 3.53. The quantitative estimate of drug-likeness (QED) is 0.611. The first-order chi connectivity index (χ1) is 10.6. The maximum absolute atomic E-state index is 12.1. The van der Waals surface area contributed by atoms with Gasteiger partial charge in [0.25, 0.3) is 0 Å². The molecule has 3 nitrogen and oxygen atoms in total. The van der Waals surface area contributed by atoms with Crippen LogP contribution in [0, 0.1) is 13.8 Å². The summed E-state index contributed by atoms with van der Waals surface area (Å²) in [6.45, 7) is 4.00. The summed E-state index contributed by atoms with van der Waals surface area (Å²) in [5.74, 6) is 0.542. The lowest BCUT2D eigenvalue weighted by Gasteiger charge is -2.17. The Morgan fingerprint density at radius 2 is 1.95 bits per heavy atom. The lowest BCUT2D eigenvalue weighted by molar-refractivity contribution is 0.0515. The topological polar surface area (TPSA) is 38.7 Å². The van der Waals surface area contributed by atoms with E-state index in [1.165, 1.54) is 10.5 Å². The molecule has 2 aromatic carbocycles. The Morgan fingerprint density at radius 1 is 1.14 bits per heavy atom. The fourth-order valence-corrected chi connectivity index (χ4v) is 3.42. The number of hydrogen-bond donors (Lipinski definition) is 0. The number of hydrogen-bond acceptors (Lipinski definition) is 4. The molecule has 0 N–H and O–H groups in total. The third kappa shape index (κ3) is 3.22. The molecule has 0 aromatic heterocycles. The zero-order valence-electron chi connectivity index (χ0n) is 12.6. The first kappa shape index (κ1) is 14.9. The Bertz CT molecular complexity index is 753. The van der Waals surface area contributed by atoms with E-state index in [-0.39, 0.29) is 0 Å². The van der Waals surface area contributed by atoms with Gasteiger partial charge in [-0.1, -0.05) is 34.5 Å². The van der Waals surface area contributed by atoms with E-state index in [1.54, 1.807) is 12.1 Å². The number of carbonyl (C=O) groups excluding carboxylic acids is 1. The Kier molecular flexibility index (Phi) is 4.29. The highest BCUT2D eigenvalue weighted by molar-refractivity contribution is 7.99. The van der Waals surface area contributed by atoms with Crippen molar-refractivity contribution in [2.45, 2.75) is 25.2 Å². The van der Waals surface area contributed by atoms with Gasteiger partial charge in [-0.25, -0.2) is 4.79 Å². The molecular weight excluding hydrogens is 294 g/mol. The summed E-state index contributed by atoms with van der Waals surface area (Å²) in [5, 5.41) is 4.13. The standard InChI is InChI=1S/C18H17NO2S/c1-12-4-3-5-14(10-12)18(20)21-19-16-8-9-22-17-7-6-13(2)11-15(16)17/h3-7,10-11H,8-9H2,1-2H3/b19-16-. The summed E-state index contributed by atoms with van der Waals surface area (Å²) in [5.41, 5.74) is 4.65. The van der Waals surface area contributed by atoms with E-state index >= 15 is 0 Å². The van der Waals surface area contributed by atoms with Crippen molar-refractivity contribution >= 4 is 23.4 Å². The summed E-state index contributed by atoms with van der Waals surface area (Å²) in [7, 11) is 0. The normalized spacial score (nSPS) is 15.5. The maximum Gasteiger partial charge on any atom is 0.365 e. The zero-order valence-corrected chi connectivity index (χ0v) is 13.4. The van der Waals surface area contributed by atoms with Crippen LogP contribution < -0.4 is 0 Å². The van der Waals surface area contributed by atoms with Crippen LogP contribution in [0.3, 0.4) is 0 Å². The maximum atomic E-state index is 12.1. The van der Waals surface area contributed by atoms with Gasteiger partial charge in [-0.3, -0.25) is 0 Å². The van der Waals surface area contributed by atoms with Gasteiger partial charge in [0.2, 0.25) is 0 Å². The van der Waals surface area contributed by atoms with E-state index in [0.29, 0.717) is 5.56 Å². The molecule has 2 aromatic rings. The fourth-order valence-electron chi connectivity index (χ4n) is 2.40. The monoisotopic (exact) mass is 311 g/mol. The van der Waals surface area contributed by atoms with Crippen molar-refractivity contribution in [1.82, 2.24) is 0 Å². The van der Waals surface area contributed by atoms with Crippen molar-refractivity contribution in [3.63, 3.8) is 0 Å². The SMILES string of the molecule is Cc1cccc(C(=O)O/N=C2/CCSc3ccc(C)cc32)c1. The smallest absolute Gasteiger partial charge is 0.313 e. The highest BCUT2D eigenvalue weighted by Crippen LogP contribution is 2.31. The molecule has 0 atom stereocenters. The fraction of sp³-hybridized carbons (Fsp3) is 0.222. The van der Waals surface area contributed by atoms with Crippen molar-refractivity contribution in [3.8, 4) is 0 Å². The van der Waals surface area contributed by atoms with E-state index < -0.39 is 5.97 Å². The minimum atomic E-state index is -0.413. The van der Waals surface area contributed by atoms with Gasteiger partial charge >= 0.3 is 5.97 Å². The van der Waals surface area contributed by atoms with E-state index in [4.69, 9.17) is 4.84 Å². The average molecular weight is 311 g/mol. The highest BCUT2D eigenvalue weighted by Gasteiger charge is 2.17. The van der Waals surface area contributed by atoms with Gasteiger partial charge in [0.05, 0.1) is 11.3 Å². The Morgan fingerprint density at radius 3 is 2.77 bits per heavy atom. The van der Waals surface area contributed by atoms with Crippen LogP contribution in [-0.2, 0) is 4.84 Å². The molecule has 0 saturated carbocycles. The molecule has 4 heteroatoms. The highest BCUT2D eigenvalue weighted by atomic mass is 32.2. The summed E-state index contributed by atoms with van der Waals surface area (Å²) in [4.78, 5) is 18.4. The van der Waals surface area contributed by atoms with Crippen LogP contribution >= 0.6 is 11.8 Å². The predicted molar refractivity (Wildman–Crippen MR) is 89.7 cm³/mol. The number of aryl methyl sites for hydroxylation is 2. The Labute approximate surface area is 134 Å². The lowest BCUT2D eigenvalue weighted by atomic mass is 10.1. The molecule has 0 spiro atoms. The van der Waals surface area contributed by atoms with Crippen LogP contribution in [0.1, 0.15) is 33.5 Å². The number of carbonyl (C=O) groups is 1. The molecule has 1 aliphatic rings. The number of rotatable bonds is 2. The molecule has 112 valence electrons. The van der Waals surface area contributed by atoms with Crippen LogP contribution in [0.4, 0.5) is 0 Å². The van der Waals surface area contributed by atoms with Crippen molar-refractivity contribution in [2.75, 3.05) is 5.75 Å². The first-order valence-electron chi connectivity index (χ1n) is 7.22. The molecule has 0 bridgehead atoms. The Hall–Kier alpha value is -2.07. The van der Waals surface area contributed by atoms with E-state index in [1.807, 2.05) is 30.8 Å². The summed E-state index contributed by atoms with van der Waals surface area (Å²) in [6, 6.07) is 13.6. The molecule has 1 heterocycles. The number of nitrogens with zero attached hydrogens (tertiary/aromatic N) is 1. The summed E-state index contributed by atoms with van der Waals surface area (Å²) < 4.78 is 0. The van der Waals surface area contributed by atoms with Gasteiger partial charge in [0.15, 0.2) is 0 Å². The zero-order chi connectivity index (χ0) is 15.5. The van der Waals surface area contributed by atoms with Crippen molar-refractivity contribution in [3.05, 3.63) is 64.7 Å². The molecule has 0 amide bonds. The van der Waals surface area contributed by atoms with Gasteiger partial charge < -0.3 is 4.84 Å². The molecule has 3 rings (SSSR count). The second kappa shape index (κ2) is 6.36. The van der Waals surface area contributed by atoms with Crippen LogP contribution in [-0.4, -0.2) is 17.4 Å². The second-order valence-corrected chi connectivity index (χ2v) is 6.52. The summed E-state index contributed by atoms with van der Waals surface area (Å²) >= 11 is 1.81. The van der Waals surface area contributed by atoms with Gasteiger partial charge in [0.1, 0.15) is 0 Å². The van der Waals surface area contributed by atoms with Crippen LogP contribution in [0.2, 0.25) is 0 Å². The number of thioether (sulfide) groups is 1. The molecule has 0 saturated heterocycles. The molecule has 0 fully saturated rings. The molecule has 0 radical (unpaired) electrons. The van der Waals surface area contributed by atoms with Crippen LogP contribution in [0.5, 0.6) is 0 Å². The number of fused-ring (bicyclic) bond motifs is 1. The predicted octanol–water partition coefficient (Wildman–Crippen LogP) is 4.36. The lowest BCUT2D eigenvalue weighted by Crippen LogP contribution is -2.12. The van der Waals surface area contributed by atoms with Crippen LogP contribution in [0.15, 0.2) is 52.5 Å². The molecule has 0 unspecified atom stereocenters. The van der Waals surface area contributed by atoms with Crippen LogP contribution in [0.25, 0.3) is 0 Å². The largest absolute Gasteiger partial charge is 0.365 e. The Balaban J connectivity index is 1.82. The van der Waals surface area contributed by atoms with Gasteiger partial charge in [0, 0.05) is 22.6 Å². The van der Waals surface area contributed by atoms with Gasteiger partial charge in [-0.2, -0.15) is 0 Å². The first-order valence-corrected chi connectivity index (χ1v) is 8.21. The summed E-state index contributed by atoms with van der Waals surface area (Å²) in [6.07, 6.45) is 0.808. The third-order valence-corrected chi connectivity index (χ3v) is 4.61. The minimum Gasteiger partial charge on any atom is -0.313 e. The number of benzene rings is 2.